The zero-order chi connectivity index (χ0) is 15.4. The van der Waals surface area contributed by atoms with Crippen molar-refractivity contribution in [1.29, 1.82) is 0 Å². The summed E-state index contributed by atoms with van der Waals surface area (Å²) in [5, 5.41) is 14.7. The molecule has 1 N–H and O–H groups in total. The molecule has 1 fully saturated rings. The maximum Gasteiger partial charge on any atom is 0.312 e. The first-order valence-corrected chi connectivity index (χ1v) is 7.40. The molecular formula is C14H19ClN2O4. The minimum absolute atomic E-state index is 0.0924. The highest BCUT2D eigenvalue weighted by atomic mass is 35.5. The standard InChI is InChI=1S/C14H19ClN2O4/c1-3-16-10-8-13(14(10)20-4-2)21-12-6-5-9(15)7-11(12)17(18)19/h5-7,10,13-14,16H,3-4,8H2,1-2H3. The number of benzene rings is 1. The van der Waals surface area contributed by atoms with E-state index in [1.54, 1.807) is 6.07 Å². The number of rotatable bonds is 7. The van der Waals surface area contributed by atoms with Crippen LogP contribution in [0.5, 0.6) is 5.75 Å². The van der Waals surface area contributed by atoms with E-state index in [1.807, 2.05) is 13.8 Å². The average Bonchev–Trinajstić information content (AvgIpc) is 2.44. The van der Waals surface area contributed by atoms with Crippen LogP contribution in [0.2, 0.25) is 5.02 Å². The molecule has 0 radical (unpaired) electrons. The van der Waals surface area contributed by atoms with Crippen molar-refractivity contribution in [3.63, 3.8) is 0 Å². The summed E-state index contributed by atoms with van der Waals surface area (Å²) in [5.41, 5.74) is -0.121. The number of halogens is 1. The summed E-state index contributed by atoms with van der Waals surface area (Å²) < 4.78 is 11.4. The van der Waals surface area contributed by atoms with E-state index in [2.05, 4.69) is 5.32 Å². The van der Waals surface area contributed by atoms with Crippen molar-refractivity contribution in [1.82, 2.24) is 5.32 Å². The largest absolute Gasteiger partial charge is 0.481 e. The van der Waals surface area contributed by atoms with Crippen LogP contribution in [-0.2, 0) is 4.74 Å². The van der Waals surface area contributed by atoms with Gasteiger partial charge in [0.2, 0.25) is 0 Å². The Morgan fingerprint density at radius 3 is 2.86 bits per heavy atom. The number of nitrogens with zero attached hydrogens (tertiary/aromatic N) is 1. The van der Waals surface area contributed by atoms with Gasteiger partial charge < -0.3 is 14.8 Å². The van der Waals surface area contributed by atoms with Gasteiger partial charge in [-0.3, -0.25) is 10.1 Å². The van der Waals surface area contributed by atoms with E-state index in [9.17, 15) is 10.1 Å². The molecule has 1 aromatic rings. The van der Waals surface area contributed by atoms with Crippen molar-refractivity contribution in [3.8, 4) is 5.75 Å². The molecule has 1 aromatic carbocycles. The molecule has 1 aliphatic carbocycles. The zero-order valence-corrected chi connectivity index (χ0v) is 12.8. The predicted octanol–water partition coefficient (Wildman–Crippen LogP) is 2.78. The molecule has 2 rings (SSSR count). The maximum atomic E-state index is 11.1. The molecule has 0 heterocycles. The van der Waals surface area contributed by atoms with Crippen molar-refractivity contribution in [2.75, 3.05) is 13.2 Å². The number of hydrogen-bond acceptors (Lipinski definition) is 5. The third-order valence-electron chi connectivity index (χ3n) is 3.47. The van der Waals surface area contributed by atoms with E-state index in [-0.39, 0.29) is 29.7 Å². The number of ether oxygens (including phenoxy) is 2. The molecule has 1 saturated carbocycles. The topological polar surface area (TPSA) is 73.6 Å². The van der Waals surface area contributed by atoms with Gasteiger partial charge in [0, 0.05) is 30.2 Å². The Balaban J connectivity index is 2.09. The Bertz CT molecular complexity index is 512. The van der Waals surface area contributed by atoms with Gasteiger partial charge in [-0.1, -0.05) is 18.5 Å². The summed E-state index contributed by atoms with van der Waals surface area (Å²) in [7, 11) is 0. The minimum atomic E-state index is -0.489. The van der Waals surface area contributed by atoms with Crippen LogP contribution >= 0.6 is 11.6 Å². The van der Waals surface area contributed by atoms with Gasteiger partial charge in [-0.05, 0) is 25.6 Å². The molecule has 1 aliphatic rings. The van der Waals surface area contributed by atoms with Crippen LogP contribution in [0.3, 0.4) is 0 Å². The smallest absolute Gasteiger partial charge is 0.312 e. The molecule has 3 unspecified atom stereocenters. The van der Waals surface area contributed by atoms with Gasteiger partial charge in [0.15, 0.2) is 5.75 Å². The Morgan fingerprint density at radius 1 is 1.48 bits per heavy atom. The summed E-state index contributed by atoms with van der Waals surface area (Å²) in [5.74, 6) is 0.231. The van der Waals surface area contributed by atoms with Crippen molar-refractivity contribution in [2.24, 2.45) is 0 Å². The summed E-state index contributed by atoms with van der Waals surface area (Å²) in [6.45, 7) is 5.38. The zero-order valence-electron chi connectivity index (χ0n) is 12.0. The second-order valence-corrected chi connectivity index (χ2v) is 5.28. The Kier molecular flexibility index (Phi) is 5.39. The van der Waals surface area contributed by atoms with Crippen LogP contribution in [-0.4, -0.2) is 36.3 Å². The van der Waals surface area contributed by atoms with Gasteiger partial charge in [-0.25, -0.2) is 0 Å². The van der Waals surface area contributed by atoms with Crippen LogP contribution in [0.4, 0.5) is 5.69 Å². The monoisotopic (exact) mass is 314 g/mol. The van der Waals surface area contributed by atoms with Crippen LogP contribution in [0.1, 0.15) is 20.3 Å². The minimum Gasteiger partial charge on any atom is -0.481 e. The van der Waals surface area contributed by atoms with Crippen molar-refractivity contribution >= 4 is 17.3 Å². The molecule has 6 nitrogen and oxygen atoms in total. The second kappa shape index (κ2) is 7.06. The SMILES string of the molecule is CCNC1CC(Oc2ccc(Cl)cc2[N+](=O)[O-])C1OCC. The van der Waals surface area contributed by atoms with E-state index in [1.165, 1.54) is 12.1 Å². The van der Waals surface area contributed by atoms with Gasteiger partial charge >= 0.3 is 5.69 Å². The van der Waals surface area contributed by atoms with Gasteiger partial charge in [-0.2, -0.15) is 0 Å². The first kappa shape index (κ1) is 16.0. The van der Waals surface area contributed by atoms with Crippen molar-refractivity contribution in [2.45, 2.75) is 38.5 Å². The molecule has 21 heavy (non-hydrogen) atoms. The van der Waals surface area contributed by atoms with Crippen LogP contribution in [0.25, 0.3) is 0 Å². The Hall–Kier alpha value is -1.37. The fourth-order valence-corrected chi connectivity index (χ4v) is 2.64. The average molecular weight is 315 g/mol. The second-order valence-electron chi connectivity index (χ2n) is 4.85. The molecule has 116 valence electrons. The normalized spacial score (nSPS) is 24.4. The summed E-state index contributed by atoms with van der Waals surface area (Å²) in [6.07, 6.45) is 0.484. The van der Waals surface area contributed by atoms with Crippen LogP contribution in [0.15, 0.2) is 18.2 Å². The van der Waals surface area contributed by atoms with Gasteiger partial charge in [0.1, 0.15) is 12.2 Å². The number of nitrogens with one attached hydrogen (secondary N) is 1. The third-order valence-corrected chi connectivity index (χ3v) is 3.71. The molecule has 0 aromatic heterocycles. The van der Waals surface area contributed by atoms with Crippen molar-refractivity contribution < 1.29 is 14.4 Å². The summed E-state index contributed by atoms with van der Waals surface area (Å²) in [6, 6.07) is 4.64. The lowest BCUT2D eigenvalue weighted by molar-refractivity contribution is -0.386. The molecular weight excluding hydrogens is 296 g/mol. The third kappa shape index (κ3) is 3.64. The van der Waals surface area contributed by atoms with E-state index >= 15 is 0 Å². The van der Waals surface area contributed by atoms with Crippen LogP contribution in [0, 0.1) is 10.1 Å². The van der Waals surface area contributed by atoms with Crippen molar-refractivity contribution in [3.05, 3.63) is 33.3 Å². The quantitative estimate of drug-likeness (QED) is 0.619. The molecule has 0 bridgehead atoms. The summed E-state index contributed by atoms with van der Waals surface area (Å²) in [4.78, 5) is 10.6. The van der Waals surface area contributed by atoms with Gasteiger partial charge in [-0.15, -0.1) is 0 Å². The molecule has 0 aliphatic heterocycles. The van der Waals surface area contributed by atoms with Gasteiger partial charge in [0.05, 0.1) is 4.92 Å². The molecule has 3 atom stereocenters. The van der Waals surface area contributed by atoms with E-state index in [0.29, 0.717) is 11.6 Å². The fourth-order valence-electron chi connectivity index (χ4n) is 2.47. The molecule has 0 amide bonds. The predicted molar refractivity (Wildman–Crippen MR) is 80.0 cm³/mol. The van der Waals surface area contributed by atoms with Crippen LogP contribution < -0.4 is 10.1 Å². The summed E-state index contributed by atoms with van der Waals surface area (Å²) >= 11 is 5.79. The number of nitro groups is 1. The Labute approximate surface area is 128 Å². The van der Waals surface area contributed by atoms with E-state index in [0.717, 1.165) is 13.0 Å². The molecule has 0 spiro atoms. The first-order valence-electron chi connectivity index (χ1n) is 7.02. The van der Waals surface area contributed by atoms with Gasteiger partial charge in [0.25, 0.3) is 0 Å². The molecule has 0 saturated heterocycles. The highest BCUT2D eigenvalue weighted by molar-refractivity contribution is 6.30. The Morgan fingerprint density at radius 2 is 2.24 bits per heavy atom. The number of nitro benzene ring substituents is 1. The highest BCUT2D eigenvalue weighted by Crippen LogP contribution is 2.35. The first-order chi connectivity index (χ1) is 10.1. The lowest BCUT2D eigenvalue weighted by atomic mass is 9.85. The van der Waals surface area contributed by atoms with E-state index in [4.69, 9.17) is 21.1 Å². The number of likely N-dealkylation sites (N-methyl/N-ethyl adjacent to an activating group) is 1. The lowest BCUT2D eigenvalue weighted by Crippen LogP contribution is -2.61. The lowest BCUT2D eigenvalue weighted by Gasteiger charge is -2.43. The number of hydrogen-bond donors (Lipinski definition) is 1. The molecule has 7 heteroatoms. The fraction of sp³-hybridized carbons (Fsp3) is 0.571. The van der Waals surface area contributed by atoms with E-state index < -0.39 is 4.92 Å². The maximum absolute atomic E-state index is 11.1. The highest BCUT2D eigenvalue weighted by Gasteiger charge is 2.43.